The predicted octanol–water partition coefficient (Wildman–Crippen LogP) is 1.66. The molecule has 0 atom stereocenters. The van der Waals surface area contributed by atoms with Crippen LogP contribution in [0, 0.1) is 5.95 Å². The lowest BCUT2D eigenvalue weighted by molar-refractivity contribution is 0.331. The topological polar surface area (TPSA) is 94.2 Å². The Morgan fingerprint density at radius 1 is 1.23 bits per heavy atom. The van der Waals surface area contributed by atoms with Crippen molar-refractivity contribution in [2.45, 2.75) is 4.90 Å². The third-order valence-corrected chi connectivity index (χ3v) is 4.12. The van der Waals surface area contributed by atoms with E-state index in [-0.39, 0.29) is 26.6 Å². The van der Waals surface area contributed by atoms with Gasteiger partial charge in [-0.1, -0.05) is 10.5 Å². The summed E-state index contributed by atoms with van der Waals surface area (Å²) < 4.78 is 57.2. The summed E-state index contributed by atoms with van der Waals surface area (Å²) in [6.45, 7) is 0. The lowest BCUT2D eigenvalue weighted by Gasteiger charge is -2.06. The van der Waals surface area contributed by atoms with Crippen LogP contribution in [0.15, 0.2) is 50.5 Å². The molecule has 22 heavy (non-hydrogen) atoms. The Hall–Kier alpha value is -2.75. The molecule has 0 unspecified atom stereocenters. The molecule has 0 aliphatic heterocycles. The van der Waals surface area contributed by atoms with Crippen LogP contribution in [0.1, 0.15) is 0 Å². The van der Waals surface area contributed by atoms with Gasteiger partial charge in [-0.15, -0.1) is 4.79 Å². The summed E-state index contributed by atoms with van der Waals surface area (Å²) in [5, 5.41) is 0. The number of aromatic nitrogens is 2. The summed E-state index contributed by atoms with van der Waals surface area (Å²) in [7, 11) is -4.10. The number of anilines is 1. The normalized spacial score (nSPS) is 11.7. The number of nitrogens with one attached hydrogen (secondary N) is 1. The van der Waals surface area contributed by atoms with Crippen LogP contribution < -0.4 is 10.5 Å². The summed E-state index contributed by atoms with van der Waals surface area (Å²) in [6.07, 6.45) is 0. The maximum absolute atomic E-state index is 13.3. The zero-order valence-electron chi connectivity index (χ0n) is 10.7. The van der Waals surface area contributed by atoms with Crippen molar-refractivity contribution in [1.29, 1.82) is 0 Å². The number of halogens is 2. The minimum atomic E-state index is -4.10. The first-order chi connectivity index (χ1) is 10.4. The van der Waals surface area contributed by atoms with Crippen molar-refractivity contribution < 1.29 is 21.7 Å². The van der Waals surface area contributed by atoms with E-state index in [4.69, 9.17) is 0 Å². The molecule has 7 nitrogen and oxygen atoms in total. The van der Waals surface area contributed by atoms with Gasteiger partial charge in [0, 0.05) is 6.07 Å². The van der Waals surface area contributed by atoms with E-state index in [0.717, 1.165) is 24.3 Å². The SMILES string of the molecule is O=c1oc2cc(S(=O)(=O)Nc3cccc(F)n3)ccc2n1F. The van der Waals surface area contributed by atoms with E-state index >= 15 is 0 Å². The quantitative estimate of drug-likeness (QED) is 0.738. The van der Waals surface area contributed by atoms with Gasteiger partial charge in [0.1, 0.15) is 11.3 Å². The number of rotatable bonds is 3. The number of fused-ring (bicyclic) bond motifs is 1. The number of sulfonamides is 1. The zero-order chi connectivity index (χ0) is 15.9. The highest BCUT2D eigenvalue weighted by Gasteiger charge is 2.18. The van der Waals surface area contributed by atoms with Crippen LogP contribution in [-0.2, 0) is 10.0 Å². The van der Waals surface area contributed by atoms with Gasteiger partial charge in [-0.2, -0.15) is 4.39 Å². The first-order valence-corrected chi connectivity index (χ1v) is 7.32. The molecule has 1 N–H and O–H groups in total. The van der Waals surface area contributed by atoms with Gasteiger partial charge in [0.25, 0.3) is 10.0 Å². The molecule has 0 saturated carbocycles. The molecule has 0 bridgehead atoms. The highest BCUT2D eigenvalue weighted by atomic mass is 32.2. The van der Waals surface area contributed by atoms with Crippen LogP contribution in [0.25, 0.3) is 11.1 Å². The van der Waals surface area contributed by atoms with Gasteiger partial charge in [0.05, 0.1) is 4.90 Å². The minimum absolute atomic E-state index is 0.201. The van der Waals surface area contributed by atoms with Gasteiger partial charge in [0.2, 0.25) is 5.95 Å². The van der Waals surface area contributed by atoms with Crippen LogP contribution >= 0.6 is 0 Å². The summed E-state index contributed by atoms with van der Waals surface area (Å²) in [5.74, 6) is -2.33. The molecule has 0 amide bonds. The zero-order valence-corrected chi connectivity index (χ0v) is 11.5. The molecule has 3 rings (SSSR count). The standard InChI is InChI=1S/C12H7F2N3O4S/c13-10-2-1-3-11(15-10)16-22(19,20)7-4-5-8-9(6-7)21-12(18)17(8)14/h1-6H,(H,15,16). The first-order valence-electron chi connectivity index (χ1n) is 5.84. The molecule has 114 valence electrons. The molecule has 0 aliphatic carbocycles. The van der Waals surface area contributed by atoms with Crippen molar-refractivity contribution in [1.82, 2.24) is 9.77 Å². The van der Waals surface area contributed by atoms with E-state index in [0.29, 0.717) is 0 Å². The van der Waals surface area contributed by atoms with Crippen molar-refractivity contribution >= 4 is 26.9 Å². The second-order valence-corrected chi connectivity index (χ2v) is 5.91. The number of benzene rings is 1. The Morgan fingerprint density at radius 2 is 2.00 bits per heavy atom. The van der Waals surface area contributed by atoms with Crippen molar-refractivity contribution in [2.24, 2.45) is 0 Å². The van der Waals surface area contributed by atoms with Crippen LogP contribution in [0.2, 0.25) is 0 Å². The fourth-order valence-corrected chi connectivity index (χ4v) is 2.82. The lowest BCUT2D eigenvalue weighted by Crippen LogP contribution is -2.14. The number of hydrogen-bond donors (Lipinski definition) is 1. The Balaban J connectivity index is 2.03. The fourth-order valence-electron chi connectivity index (χ4n) is 1.80. The number of hydrogen-bond acceptors (Lipinski definition) is 5. The monoisotopic (exact) mass is 327 g/mol. The predicted molar refractivity (Wildman–Crippen MR) is 72.0 cm³/mol. The Kier molecular flexibility index (Phi) is 3.17. The maximum Gasteiger partial charge on any atom is 0.448 e. The smallest absolute Gasteiger partial charge is 0.406 e. The summed E-state index contributed by atoms with van der Waals surface area (Å²) in [4.78, 5) is 13.9. The van der Waals surface area contributed by atoms with E-state index in [9.17, 15) is 22.1 Å². The van der Waals surface area contributed by atoms with Gasteiger partial charge in [-0.05, 0) is 24.3 Å². The summed E-state index contributed by atoms with van der Waals surface area (Å²) >= 11 is 0. The second-order valence-electron chi connectivity index (χ2n) is 4.23. The number of oxazole rings is 1. The van der Waals surface area contributed by atoms with E-state index < -0.39 is 21.7 Å². The van der Waals surface area contributed by atoms with Gasteiger partial charge >= 0.3 is 5.76 Å². The molecule has 2 aromatic heterocycles. The van der Waals surface area contributed by atoms with Crippen LogP contribution in [0.3, 0.4) is 0 Å². The minimum Gasteiger partial charge on any atom is -0.406 e. The molecular formula is C12H7F2N3O4S. The first kappa shape index (κ1) is 14.2. The van der Waals surface area contributed by atoms with Crippen LogP contribution in [-0.4, -0.2) is 18.2 Å². The molecule has 2 heterocycles. The van der Waals surface area contributed by atoms with E-state index in [1.165, 1.54) is 12.1 Å². The molecule has 0 radical (unpaired) electrons. The van der Waals surface area contributed by atoms with Crippen molar-refractivity contribution in [3.63, 3.8) is 0 Å². The van der Waals surface area contributed by atoms with Crippen LogP contribution in [0.4, 0.5) is 14.7 Å². The molecule has 0 aliphatic rings. The highest BCUT2D eigenvalue weighted by molar-refractivity contribution is 7.92. The highest BCUT2D eigenvalue weighted by Crippen LogP contribution is 2.20. The van der Waals surface area contributed by atoms with Crippen molar-refractivity contribution in [2.75, 3.05) is 4.72 Å². The molecule has 0 fully saturated rings. The maximum atomic E-state index is 13.3. The third-order valence-electron chi connectivity index (χ3n) is 2.76. The molecule has 3 aromatic rings. The second kappa shape index (κ2) is 4.91. The molecule has 1 aromatic carbocycles. The average Bonchev–Trinajstić information content (AvgIpc) is 2.73. The molecular weight excluding hydrogens is 320 g/mol. The van der Waals surface area contributed by atoms with Gasteiger partial charge in [0.15, 0.2) is 5.58 Å². The Bertz CT molecular complexity index is 1030. The van der Waals surface area contributed by atoms with Crippen LogP contribution in [0.5, 0.6) is 0 Å². The average molecular weight is 327 g/mol. The van der Waals surface area contributed by atoms with Gasteiger partial charge in [-0.3, -0.25) is 4.72 Å². The largest absolute Gasteiger partial charge is 0.448 e. The van der Waals surface area contributed by atoms with E-state index in [1.54, 1.807) is 0 Å². The Labute approximate surface area is 121 Å². The van der Waals surface area contributed by atoms with Gasteiger partial charge in [-0.25, -0.2) is 18.2 Å². The molecule has 10 heteroatoms. The van der Waals surface area contributed by atoms with E-state index in [2.05, 4.69) is 14.1 Å². The Morgan fingerprint density at radius 3 is 2.73 bits per heavy atom. The van der Waals surface area contributed by atoms with Crippen molar-refractivity contribution in [3.8, 4) is 0 Å². The third kappa shape index (κ3) is 2.44. The lowest BCUT2D eigenvalue weighted by atomic mass is 10.3. The number of nitrogens with zero attached hydrogens (tertiary/aromatic N) is 2. The summed E-state index contributed by atoms with van der Waals surface area (Å²) in [5.41, 5.74) is -0.435. The fraction of sp³-hybridized carbons (Fsp3) is 0. The van der Waals surface area contributed by atoms with Gasteiger partial charge < -0.3 is 4.42 Å². The molecule has 0 saturated heterocycles. The van der Waals surface area contributed by atoms with E-state index in [1.807, 2.05) is 0 Å². The summed E-state index contributed by atoms with van der Waals surface area (Å²) in [6, 6.07) is 6.74. The number of pyridine rings is 1. The van der Waals surface area contributed by atoms with Crippen molar-refractivity contribution in [3.05, 3.63) is 52.9 Å². The molecule has 0 spiro atoms.